The number of hydrogen-bond donors (Lipinski definition) is 2. The Hall–Kier alpha value is -1.24. The Morgan fingerprint density at radius 3 is 1.96 bits per heavy atom. The number of hydrogen-bond acceptors (Lipinski definition) is 4. The minimum Gasteiger partial charge on any atom is -0.391 e. The van der Waals surface area contributed by atoms with E-state index in [-0.39, 0.29) is 13.2 Å². The summed E-state index contributed by atoms with van der Waals surface area (Å²) in [6.07, 6.45) is 2.70. The van der Waals surface area contributed by atoms with Gasteiger partial charge in [-0.1, -0.05) is 34.1 Å². The van der Waals surface area contributed by atoms with Crippen LogP contribution in [-0.4, -0.2) is 10.2 Å². The predicted octanol–water partition coefficient (Wildman–Crippen LogP) is 6.43. The van der Waals surface area contributed by atoms with E-state index in [9.17, 15) is 0 Å². The fourth-order valence-electron chi connectivity index (χ4n) is 2.99. The lowest BCUT2D eigenvalue weighted by Crippen LogP contribution is -1.75. The zero-order chi connectivity index (χ0) is 18.1. The van der Waals surface area contributed by atoms with Crippen LogP contribution in [0.25, 0.3) is 20.2 Å². The first-order chi connectivity index (χ1) is 12.7. The number of rotatable bonds is 3. The van der Waals surface area contributed by atoms with Crippen LogP contribution in [0.5, 0.6) is 0 Å². The molecule has 0 spiro atoms. The van der Waals surface area contributed by atoms with E-state index in [2.05, 4.69) is 52.3 Å². The number of halogens is 1. The van der Waals surface area contributed by atoms with Gasteiger partial charge in [-0.15, -0.1) is 22.7 Å². The summed E-state index contributed by atoms with van der Waals surface area (Å²) in [4.78, 5) is 2.08. The highest BCUT2D eigenvalue weighted by atomic mass is 79.9. The highest BCUT2D eigenvalue weighted by molar-refractivity contribution is 9.10. The second-order valence-corrected chi connectivity index (χ2v) is 9.75. The van der Waals surface area contributed by atoms with Crippen molar-refractivity contribution in [3.05, 3.63) is 68.3 Å². The summed E-state index contributed by atoms with van der Waals surface area (Å²) >= 11 is 6.75. The normalized spacial score (nSPS) is 13.8. The Labute approximate surface area is 168 Å². The zero-order valence-electron chi connectivity index (χ0n) is 14.1. The Balaban J connectivity index is 0.000000131. The molecule has 0 radical (unpaired) electrons. The average Bonchev–Trinajstić information content (AvgIpc) is 3.29. The van der Waals surface area contributed by atoms with Gasteiger partial charge in [-0.2, -0.15) is 0 Å². The van der Waals surface area contributed by atoms with Gasteiger partial charge in [0.25, 0.3) is 0 Å². The van der Waals surface area contributed by atoms with E-state index in [4.69, 9.17) is 10.2 Å². The Kier molecular flexibility index (Phi) is 5.43. The van der Waals surface area contributed by atoms with E-state index in [0.29, 0.717) is 0 Å². The predicted molar refractivity (Wildman–Crippen MR) is 115 cm³/mol. The Morgan fingerprint density at radius 1 is 0.808 bits per heavy atom. The first-order valence-corrected chi connectivity index (χ1v) is 11.0. The van der Waals surface area contributed by atoms with Crippen molar-refractivity contribution in [2.24, 2.45) is 0 Å². The van der Waals surface area contributed by atoms with Gasteiger partial charge < -0.3 is 10.2 Å². The van der Waals surface area contributed by atoms with Crippen LogP contribution in [0.15, 0.2) is 53.0 Å². The Morgan fingerprint density at radius 2 is 1.38 bits per heavy atom. The van der Waals surface area contributed by atoms with Crippen molar-refractivity contribution >= 4 is 58.8 Å². The smallest absolute Gasteiger partial charge is 0.0774 e. The lowest BCUT2D eigenvalue weighted by atomic mass is 10.1. The number of benzene rings is 2. The summed E-state index contributed by atoms with van der Waals surface area (Å²) in [7, 11) is 0. The number of aliphatic hydroxyl groups is 2. The molecule has 2 nitrogen and oxygen atoms in total. The van der Waals surface area contributed by atoms with E-state index in [1.807, 2.05) is 12.1 Å². The summed E-state index contributed by atoms with van der Waals surface area (Å²) < 4.78 is 3.62. The highest BCUT2D eigenvalue weighted by Crippen LogP contribution is 2.41. The second kappa shape index (κ2) is 7.79. The third kappa shape index (κ3) is 4.02. The van der Waals surface area contributed by atoms with E-state index >= 15 is 0 Å². The molecule has 0 atom stereocenters. The van der Waals surface area contributed by atoms with Gasteiger partial charge in [-0.05, 0) is 65.4 Å². The average molecular weight is 447 g/mol. The molecule has 0 unspecified atom stereocenters. The maximum atomic E-state index is 9.04. The molecule has 4 aromatic rings. The number of fused-ring (bicyclic) bond motifs is 2. The van der Waals surface area contributed by atoms with E-state index in [1.54, 1.807) is 22.7 Å². The van der Waals surface area contributed by atoms with Crippen LogP contribution >= 0.6 is 38.6 Å². The maximum absolute atomic E-state index is 9.04. The third-order valence-electron chi connectivity index (χ3n) is 4.49. The van der Waals surface area contributed by atoms with Gasteiger partial charge in [0.05, 0.1) is 13.2 Å². The van der Waals surface area contributed by atoms with Gasteiger partial charge >= 0.3 is 0 Å². The zero-order valence-corrected chi connectivity index (χ0v) is 17.3. The minimum atomic E-state index is 0.136. The van der Waals surface area contributed by atoms with Crippen LogP contribution in [-0.2, 0) is 13.2 Å². The summed E-state index contributed by atoms with van der Waals surface area (Å²) in [6, 6.07) is 16.9. The molecule has 0 amide bonds. The molecule has 2 aromatic heterocycles. The van der Waals surface area contributed by atoms with Crippen LogP contribution in [0.1, 0.15) is 34.1 Å². The monoisotopic (exact) mass is 446 g/mol. The summed E-state index contributed by atoms with van der Waals surface area (Å²) in [5, 5.41) is 20.4. The van der Waals surface area contributed by atoms with Gasteiger partial charge in [-0.3, -0.25) is 0 Å². The standard InChI is InChI=1S/C12H12OS.C9H7BrOS/c13-7-11-5-10-4-3-9(8-1-2-8)6-12(10)14-11;10-7-2-1-6-3-8(5-11)12-9(6)4-7/h3-6,8,13H,1-2,7H2;1-4,11H,5H2. The molecule has 1 saturated carbocycles. The Bertz CT molecular complexity index is 1050. The van der Waals surface area contributed by atoms with Crippen LogP contribution in [0.3, 0.4) is 0 Å². The molecule has 1 aliphatic rings. The van der Waals surface area contributed by atoms with Crippen LogP contribution in [0, 0.1) is 0 Å². The van der Waals surface area contributed by atoms with E-state index in [1.165, 1.54) is 38.6 Å². The SMILES string of the molecule is OCc1cc2ccc(Br)cc2s1.OCc1cc2ccc(C3CC3)cc2s1. The molecule has 134 valence electrons. The number of thiophene rings is 2. The molecule has 5 heteroatoms. The number of aliphatic hydroxyl groups excluding tert-OH is 2. The largest absolute Gasteiger partial charge is 0.391 e. The van der Waals surface area contributed by atoms with Crippen molar-refractivity contribution in [3.8, 4) is 0 Å². The van der Waals surface area contributed by atoms with Gasteiger partial charge in [0.1, 0.15) is 0 Å². The van der Waals surface area contributed by atoms with Crippen molar-refractivity contribution in [3.63, 3.8) is 0 Å². The summed E-state index contributed by atoms with van der Waals surface area (Å²) in [5.74, 6) is 0.819. The molecule has 2 heterocycles. The summed E-state index contributed by atoms with van der Waals surface area (Å²) in [5.41, 5.74) is 1.48. The third-order valence-corrected chi connectivity index (χ3v) is 7.15. The van der Waals surface area contributed by atoms with Crippen LogP contribution in [0.4, 0.5) is 0 Å². The topological polar surface area (TPSA) is 40.5 Å². The lowest BCUT2D eigenvalue weighted by Gasteiger charge is -1.96. The van der Waals surface area contributed by atoms with Crippen LogP contribution in [0.2, 0.25) is 0 Å². The molecule has 26 heavy (non-hydrogen) atoms. The second-order valence-electron chi connectivity index (χ2n) is 6.50. The lowest BCUT2D eigenvalue weighted by molar-refractivity contribution is 0.285. The van der Waals surface area contributed by atoms with Crippen molar-refractivity contribution in [1.29, 1.82) is 0 Å². The molecule has 5 rings (SSSR count). The van der Waals surface area contributed by atoms with Crippen LogP contribution < -0.4 is 0 Å². The molecule has 0 bridgehead atoms. The molecule has 1 aliphatic carbocycles. The highest BCUT2D eigenvalue weighted by Gasteiger charge is 2.23. The molecule has 1 fully saturated rings. The molecule has 2 aromatic carbocycles. The van der Waals surface area contributed by atoms with Gasteiger partial charge in [0.15, 0.2) is 0 Å². The maximum Gasteiger partial charge on any atom is 0.0774 e. The quantitative estimate of drug-likeness (QED) is 0.380. The van der Waals surface area contributed by atoms with E-state index in [0.717, 1.165) is 20.1 Å². The molecular weight excluding hydrogens is 428 g/mol. The van der Waals surface area contributed by atoms with Crippen molar-refractivity contribution < 1.29 is 10.2 Å². The molecule has 0 aliphatic heterocycles. The molecule has 2 N–H and O–H groups in total. The van der Waals surface area contributed by atoms with Gasteiger partial charge in [-0.25, -0.2) is 0 Å². The summed E-state index contributed by atoms with van der Waals surface area (Å²) in [6.45, 7) is 0.301. The fourth-order valence-corrected chi connectivity index (χ4v) is 5.44. The first kappa shape index (κ1) is 18.1. The van der Waals surface area contributed by atoms with Gasteiger partial charge in [0, 0.05) is 23.6 Å². The first-order valence-electron chi connectivity index (χ1n) is 8.58. The molecular formula is C21H19BrO2S2. The van der Waals surface area contributed by atoms with Crippen molar-refractivity contribution in [2.45, 2.75) is 32.0 Å². The van der Waals surface area contributed by atoms with Crippen molar-refractivity contribution in [1.82, 2.24) is 0 Å². The fraction of sp³-hybridized carbons (Fsp3) is 0.238. The van der Waals surface area contributed by atoms with E-state index < -0.39 is 0 Å². The van der Waals surface area contributed by atoms with Gasteiger partial charge in [0.2, 0.25) is 0 Å². The molecule has 0 saturated heterocycles. The minimum absolute atomic E-state index is 0.136. The van der Waals surface area contributed by atoms with Crippen molar-refractivity contribution in [2.75, 3.05) is 0 Å².